The van der Waals surface area contributed by atoms with Gasteiger partial charge in [0.05, 0.1) is 27.3 Å². The first-order valence-electron chi connectivity index (χ1n) is 12.2. The molecule has 2 aromatic heterocycles. The Labute approximate surface area is 222 Å². The molecule has 38 heavy (non-hydrogen) atoms. The summed E-state index contributed by atoms with van der Waals surface area (Å²) in [6, 6.07) is 5.04. The predicted molar refractivity (Wildman–Crippen MR) is 138 cm³/mol. The third-order valence-electron chi connectivity index (χ3n) is 7.20. The number of likely N-dealkylation sites (N-methyl/N-ethyl adjacent to an activating group) is 1. The Morgan fingerprint density at radius 2 is 1.92 bits per heavy atom. The molecular weight excluding hydrogens is 526 g/mol. The van der Waals surface area contributed by atoms with Gasteiger partial charge in [-0.05, 0) is 38.2 Å². The Balaban J connectivity index is 1.62. The molecule has 0 aliphatic carbocycles. The average molecular weight is 554 g/mol. The molecule has 0 saturated carbocycles. The van der Waals surface area contributed by atoms with Crippen LogP contribution in [0.25, 0.3) is 22.2 Å². The van der Waals surface area contributed by atoms with E-state index in [2.05, 4.69) is 20.3 Å². The third-order valence-corrected chi connectivity index (χ3v) is 7.52. The molecule has 3 N–H and O–H groups in total. The van der Waals surface area contributed by atoms with Crippen molar-refractivity contribution in [1.82, 2.24) is 25.2 Å². The minimum Gasteiger partial charge on any atom is -0.461 e. The molecule has 204 valence electrons. The Bertz CT molecular complexity index is 1350. The van der Waals surface area contributed by atoms with E-state index in [0.717, 1.165) is 25.2 Å². The largest absolute Gasteiger partial charge is 0.461 e. The van der Waals surface area contributed by atoms with Crippen LogP contribution in [0.4, 0.5) is 29.2 Å². The summed E-state index contributed by atoms with van der Waals surface area (Å²) in [5.74, 6) is 0.488. The lowest BCUT2D eigenvalue weighted by Crippen LogP contribution is -2.44. The lowest BCUT2D eigenvalue weighted by Gasteiger charge is -2.32. The summed E-state index contributed by atoms with van der Waals surface area (Å²) < 4.78 is 61.5. The minimum absolute atomic E-state index is 0.0393. The van der Waals surface area contributed by atoms with Crippen molar-refractivity contribution in [3.8, 4) is 17.3 Å². The summed E-state index contributed by atoms with van der Waals surface area (Å²) in [6.07, 6.45) is -5.32. The number of hydrogen-bond acceptors (Lipinski definition) is 8. The summed E-state index contributed by atoms with van der Waals surface area (Å²) in [4.78, 5) is 17.1. The van der Waals surface area contributed by atoms with E-state index in [-0.39, 0.29) is 34.7 Å². The van der Waals surface area contributed by atoms with Gasteiger partial charge in [0.2, 0.25) is 0 Å². The Morgan fingerprint density at radius 1 is 1.18 bits per heavy atom. The van der Waals surface area contributed by atoms with Crippen LogP contribution >= 0.6 is 11.6 Å². The molecule has 1 aromatic carbocycles. The highest BCUT2D eigenvalue weighted by molar-refractivity contribution is 6.34. The van der Waals surface area contributed by atoms with Crippen LogP contribution in [-0.4, -0.2) is 77.9 Å². The van der Waals surface area contributed by atoms with Crippen LogP contribution in [0.3, 0.4) is 0 Å². The quantitative estimate of drug-likeness (QED) is 0.455. The second kappa shape index (κ2) is 9.97. The number of hydrogen-bond donors (Lipinski definition) is 2. The first-order valence-corrected chi connectivity index (χ1v) is 12.6. The van der Waals surface area contributed by atoms with Crippen LogP contribution in [0.15, 0.2) is 24.3 Å². The summed E-state index contributed by atoms with van der Waals surface area (Å²) in [5, 5.41) is 3.91. The van der Waals surface area contributed by atoms with Crippen molar-refractivity contribution in [2.75, 3.05) is 57.0 Å². The van der Waals surface area contributed by atoms with Gasteiger partial charge in [0, 0.05) is 50.1 Å². The fourth-order valence-electron chi connectivity index (χ4n) is 4.99. The average Bonchev–Trinajstić information content (AvgIpc) is 3.12. The highest BCUT2D eigenvalue weighted by Gasteiger charge is 2.41. The van der Waals surface area contributed by atoms with Gasteiger partial charge < -0.3 is 20.7 Å². The van der Waals surface area contributed by atoms with Crippen LogP contribution in [0.2, 0.25) is 5.02 Å². The van der Waals surface area contributed by atoms with Crippen molar-refractivity contribution in [2.45, 2.75) is 31.2 Å². The first-order chi connectivity index (χ1) is 17.9. The molecule has 2 saturated heterocycles. The number of piperazine rings is 1. The Morgan fingerprint density at radius 3 is 2.58 bits per heavy atom. The number of pyridine rings is 1. The van der Waals surface area contributed by atoms with Gasteiger partial charge in [0.25, 0.3) is 0 Å². The number of nitrogens with two attached hydrogens (primary N) is 1. The van der Waals surface area contributed by atoms with Crippen LogP contribution in [0.1, 0.15) is 18.9 Å². The molecule has 0 bridgehead atoms. The van der Waals surface area contributed by atoms with E-state index in [4.69, 9.17) is 22.1 Å². The topological polar surface area (TPSA) is 92.4 Å². The van der Waals surface area contributed by atoms with E-state index >= 15 is 0 Å². The molecule has 2 atom stereocenters. The second-order valence-electron chi connectivity index (χ2n) is 10.0. The molecule has 2 aliphatic heterocycles. The second-order valence-corrected chi connectivity index (χ2v) is 10.4. The highest BCUT2D eigenvalue weighted by Crippen LogP contribution is 2.41. The molecule has 8 nitrogen and oxygen atoms in total. The van der Waals surface area contributed by atoms with E-state index in [9.17, 15) is 17.6 Å². The maximum absolute atomic E-state index is 14.1. The molecule has 0 spiro atoms. The van der Waals surface area contributed by atoms with Gasteiger partial charge in [-0.2, -0.15) is 23.1 Å². The summed E-state index contributed by atoms with van der Waals surface area (Å²) >= 11 is 6.55. The molecule has 1 unspecified atom stereocenters. The predicted octanol–water partition coefficient (Wildman–Crippen LogP) is 4.17. The van der Waals surface area contributed by atoms with Crippen LogP contribution in [0.5, 0.6) is 6.01 Å². The van der Waals surface area contributed by atoms with E-state index in [1.807, 2.05) is 23.8 Å². The number of anilines is 2. The fourth-order valence-corrected chi connectivity index (χ4v) is 5.24. The van der Waals surface area contributed by atoms with E-state index in [1.54, 1.807) is 6.07 Å². The van der Waals surface area contributed by atoms with Crippen molar-refractivity contribution in [3.63, 3.8) is 0 Å². The number of benzene rings is 1. The van der Waals surface area contributed by atoms with Gasteiger partial charge in [-0.3, -0.25) is 4.90 Å². The number of aromatic nitrogens is 3. The van der Waals surface area contributed by atoms with Gasteiger partial charge in [0.15, 0.2) is 0 Å². The number of likely N-dealkylation sites (tertiary alicyclic amines) is 1. The number of alkyl halides is 4. The van der Waals surface area contributed by atoms with Gasteiger partial charge in [-0.15, -0.1) is 0 Å². The number of nitrogens with zero attached hydrogens (tertiary/aromatic N) is 5. The molecule has 0 amide bonds. The zero-order valence-corrected chi connectivity index (χ0v) is 21.7. The molecule has 2 aliphatic rings. The van der Waals surface area contributed by atoms with Crippen LogP contribution in [0, 0.1) is 0 Å². The van der Waals surface area contributed by atoms with E-state index < -0.39 is 23.5 Å². The Kier molecular flexibility index (Phi) is 6.99. The Hall–Kier alpha value is -2.96. The molecule has 3 aromatic rings. The monoisotopic (exact) mass is 553 g/mol. The van der Waals surface area contributed by atoms with Crippen molar-refractivity contribution >= 4 is 34.1 Å². The van der Waals surface area contributed by atoms with Crippen LogP contribution < -0.4 is 20.7 Å². The van der Waals surface area contributed by atoms with Gasteiger partial charge in [-0.1, -0.05) is 11.6 Å². The molecule has 5 rings (SSSR count). The smallest absolute Gasteiger partial charge is 0.418 e. The lowest BCUT2D eigenvalue weighted by molar-refractivity contribution is -0.137. The SMILES string of the molecule is CN1C[C@H](F)CC1(C)COc1nc(N2CCNCC2)c2cc(Cl)c(-c3nc(N)ccc3C(F)(F)F)cc2n1. The molecular formula is C25H28ClF4N7O. The van der Waals surface area contributed by atoms with Gasteiger partial charge >= 0.3 is 12.2 Å². The van der Waals surface area contributed by atoms with Gasteiger partial charge in [0.1, 0.15) is 24.4 Å². The van der Waals surface area contributed by atoms with E-state index in [0.29, 0.717) is 42.8 Å². The molecule has 0 radical (unpaired) electrons. The number of halogens is 5. The fraction of sp³-hybridized carbons (Fsp3) is 0.480. The van der Waals surface area contributed by atoms with Crippen molar-refractivity contribution in [2.24, 2.45) is 0 Å². The number of ether oxygens (including phenoxy) is 1. The lowest BCUT2D eigenvalue weighted by atomic mass is 10.0. The number of nitrogens with one attached hydrogen (secondary N) is 1. The number of rotatable bonds is 5. The summed E-state index contributed by atoms with van der Waals surface area (Å²) in [5.41, 5.74) is 4.22. The molecule has 13 heteroatoms. The van der Waals surface area contributed by atoms with Crippen molar-refractivity contribution < 1.29 is 22.3 Å². The number of fused-ring (bicyclic) bond motifs is 1. The first kappa shape index (κ1) is 26.6. The van der Waals surface area contributed by atoms with Crippen LogP contribution in [-0.2, 0) is 6.18 Å². The standard InChI is InChI=1S/C25H28ClF4N7O/c1-24(11-14(27)12-36(24)2)13-38-23-33-19-10-15(21-17(25(28,29)30)3-4-20(31)34-21)18(26)9-16(19)22(35-23)37-7-5-32-6-8-37/h3-4,9-10,14,32H,5-8,11-13H2,1-2H3,(H2,31,34)/t14-,24?/m1/s1. The van der Waals surface area contributed by atoms with Crippen molar-refractivity contribution in [3.05, 3.63) is 34.9 Å². The maximum atomic E-state index is 14.1. The minimum atomic E-state index is -4.67. The molecule has 4 heterocycles. The van der Waals surface area contributed by atoms with Gasteiger partial charge in [-0.25, -0.2) is 9.37 Å². The van der Waals surface area contributed by atoms with E-state index in [1.165, 1.54) is 6.07 Å². The maximum Gasteiger partial charge on any atom is 0.418 e. The highest BCUT2D eigenvalue weighted by atomic mass is 35.5. The summed E-state index contributed by atoms with van der Waals surface area (Å²) in [7, 11) is 1.83. The normalized spacial score (nSPS) is 22.8. The van der Waals surface area contributed by atoms with Crippen molar-refractivity contribution in [1.29, 1.82) is 0 Å². The zero-order chi connectivity index (χ0) is 27.2. The summed E-state index contributed by atoms with van der Waals surface area (Å²) in [6.45, 7) is 5.14. The number of nitrogen functional groups attached to an aromatic ring is 1. The molecule has 2 fully saturated rings. The third kappa shape index (κ3) is 5.16. The zero-order valence-electron chi connectivity index (χ0n) is 20.9.